The van der Waals surface area contributed by atoms with Crippen LogP contribution in [0.5, 0.6) is 0 Å². The summed E-state index contributed by atoms with van der Waals surface area (Å²) in [6, 6.07) is 2.18. The third kappa shape index (κ3) is 2.40. The van der Waals surface area contributed by atoms with Crippen LogP contribution in [-0.4, -0.2) is 23.1 Å². The van der Waals surface area contributed by atoms with E-state index in [1.54, 1.807) is 0 Å². The normalized spacial score (nSPS) is 29.2. The van der Waals surface area contributed by atoms with Gasteiger partial charge in [-0.05, 0) is 25.5 Å². The van der Waals surface area contributed by atoms with E-state index >= 15 is 0 Å². The van der Waals surface area contributed by atoms with E-state index in [1.807, 2.05) is 11.8 Å². The molecule has 0 aromatic rings. The highest BCUT2D eigenvalue weighted by Crippen LogP contribution is 2.40. The maximum absolute atomic E-state index is 8.98. The molecule has 0 spiro atoms. The molecule has 1 N–H and O–H groups in total. The minimum Gasteiger partial charge on any atom is -0.290 e. The van der Waals surface area contributed by atoms with Gasteiger partial charge in [-0.3, -0.25) is 5.32 Å². The molecule has 13 heavy (non-hydrogen) atoms. The number of thioether (sulfide) groups is 1. The van der Waals surface area contributed by atoms with Crippen LogP contribution in [0.3, 0.4) is 0 Å². The maximum Gasteiger partial charge on any atom is 0.111 e. The predicted octanol–water partition coefficient (Wildman–Crippen LogP) is 1.39. The molecule has 0 saturated carbocycles. The molecular weight excluding hydrogens is 180 g/mol. The lowest BCUT2D eigenvalue weighted by molar-refractivity contribution is 0.487. The van der Waals surface area contributed by atoms with Gasteiger partial charge in [-0.15, -0.1) is 6.42 Å². The molecule has 0 bridgehead atoms. The van der Waals surface area contributed by atoms with Crippen molar-refractivity contribution in [2.75, 3.05) is 12.3 Å². The highest BCUT2D eigenvalue weighted by Gasteiger charge is 2.37. The topological polar surface area (TPSA) is 35.8 Å². The van der Waals surface area contributed by atoms with Gasteiger partial charge < -0.3 is 0 Å². The van der Waals surface area contributed by atoms with E-state index in [9.17, 15) is 0 Å². The number of hydrogen-bond donors (Lipinski definition) is 1. The third-order valence-corrected chi connectivity index (χ3v) is 3.99. The molecule has 2 nitrogen and oxygen atoms in total. The molecule has 0 amide bonds. The first kappa shape index (κ1) is 10.4. The Kier molecular flexibility index (Phi) is 3.66. The molecule has 2 unspecified atom stereocenters. The lowest BCUT2D eigenvalue weighted by Gasteiger charge is -2.28. The van der Waals surface area contributed by atoms with Crippen molar-refractivity contribution in [2.45, 2.75) is 30.6 Å². The summed E-state index contributed by atoms with van der Waals surface area (Å²) in [5.41, 5.74) is 0. The van der Waals surface area contributed by atoms with Crippen molar-refractivity contribution in [1.82, 2.24) is 5.32 Å². The van der Waals surface area contributed by atoms with Crippen LogP contribution in [0.4, 0.5) is 0 Å². The van der Waals surface area contributed by atoms with E-state index in [0.29, 0.717) is 6.54 Å². The van der Waals surface area contributed by atoms with Gasteiger partial charge in [0.2, 0.25) is 0 Å². The van der Waals surface area contributed by atoms with Gasteiger partial charge >= 0.3 is 0 Å². The summed E-state index contributed by atoms with van der Waals surface area (Å²) in [5.74, 6) is 3.66. The Morgan fingerprint density at radius 3 is 3.00 bits per heavy atom. The molecule has 3 heteroatoms. The first-order valence-corrected chi connectivity index (χ1v) is 5.42. The maximum atomic E-state index is 8.98. The average molecular weight is 194 g/mol. The van der Waals surface area contributed by atoms with Crippen molar-refractivity contribution in [3.63, 3.8) is 0 Å². The van der Waals surface area contributed by atoms with Gasteiger partial charge in [0.25, 0.3) is 0 Å². The first-order chi connectivity index (χ1) is 6.23. The van der Waals surface area contributed by atoms with Gasteiger partial charge in [0.1, 0.15) is 6.04 Å². The molecule has 1 aliphatic heterocycles. The highest BCUT2D eigenvalue weighted by molar-refractivity contribution is 8.00. The number of nitrogens with one attached hydrogen (secondary N) is 1. The highest BCUT2D eigenvalue weighted by atomic mass is 32.2. The standard InChI is InChI=1S/C10H14N2S/c1-3-6-12-9(8-11)10(2)5-4-7-13-10/h1,9,12H,4-7H2,2H3. The van der Waals surface area contributed by atoms with Gasteiger partial charge in [0.05, 0.1) is 12.6 Å². The summed E-state index contributed by atoms with van der Waals surface area (Å²) in [7, 11) is 0. The van der Waals surface area contributed by atoms with E-state index in [4.69, 9.17) is 11.7 Å². The smallest absolute Gasteiger partial charge is 0.111 e. The number of nitrogens with zero attached hydrogens (tertiary/aromatic N) is 1. The minimum atomic E-state index is -0.115. The number of rotatable bonds is 3. The van der Waals surface area contributed by atoms with Gasteiger partial charge in [-0.1, -0.05) is 5.92 Å². The van der Waals surface area contributed by atoms with Crippen LogP contribution < -0.4 is 5.32 Å². The molecule has 70 valence electrons. The Morgan fingerprint density at radius 2 is 2.54 bits per heavy atom. The van der Waals surface area contributed by atoms with Crippen LogP contribution in [0.1, 0.15) is 19.8 Å². The van der Waals surface area contributed by atoms with Crippen LogP contribution >= 0.6 is 11.8 Å². The van der Waals surface area contributed by atoms with Crippen LogP contribution in [0.25, 0.3) is 0 Å². The molecule has 0 aliphatic carbocycles. The Hall–Kier alpha value is -0.640. The molecule has 2 atom stereocenters. The van der Waals surface area contributed by atoms with Gasteiger partial charge in [0.15, 0.2) is 0 Å². The fraction of sp³-hybridized carbons (Fsp3) is 0.700. The summed E-state index contributed by atoms with van der Waals surface area (Å²) >= 11 is 1.87. The predicted molar refractivity (Wildman–Crippen MR) is 56.3 cm³/mol. The van der Waals surface area contributed by atoms with Crippen molar-refractivity contribution in [2.24, 2.45) is 0 Å². The Morgan fingerprint density at radius 1 is 1.77 bits per heavy atom. The molecule has 0 radical (unpaired) electrons. The molecule has 0 aromatic carbocycles. The van der Waals surface area contributed by atoms with E-state index in [1.165, 1.54) is 6.42 Å². The molecule has 1 aliphatic rings. The summed E-state index contributed by atoms with van der Waals surface area (Å²) < 4.78 is 0.0611. The second kappa shape index (κ2) is 4.56. The van der Waals surface area contributed by atoms with Crippen LogP contribution in [-0.2, 0) is 0 Å². The van der Waals surface area contributed by atoms with E-state index in [-0.39, 0.29) is 10.8 Å². The zero-order valence-corrected chi connectivity index (χ0v) is 8.66. The van der Waals surface area contributed by atoms with Crippen LogP contribution in [0, 0.1) is 23.7 Å². The summed E-state index contributed by atoms with van der Waals surface area (Å²) in [6.07, 6.45) is 7.45. The lowest BCUT2D eigenvalue weighted by atomic mass is 9.97. The van der Waals surface area contributed by atoms with E-state index in [2.05, 4.69) is 24.2 Å². The van der Waals surface area contributed by atoms with Crippen molar-refractivity contribution in [1.29, 1.82) is 5.26 Å². The quantitative estimate of drug-likeness (QED) is 0.690. The van der Waals surface area contributed by atoms with Crippen molar-refractivity contribution >= 4 is 11.8 Å². The summed E-state index contributed by atoms with van der Waals surface area (Å²) in [6.45, 7) is 2.62. The van der Waals surface area contributed by atoms with Crippen molar-refractivity contribution in [3.8, 4) is 18.4 Å². The molecule has 1 heterocycles. The monoisotopic (exact) mass is 194 g/mol. The fourth-order valence-corrected chi connectivity index (χ4v) is 2.93. The zero-order valence-electron chi connectivity index (χ0n) is 7.84. The van der Waals surface area contributed by atoms with Crippen LogP contribution in [0.15, 0.2) is 0 Å². The van der Waals surface area contributed by atoms with Gasteiger partial charge in [0, 0.05) is 4.75 Å². The number of terminal acetylenes is 1. The Bertz CT molecular complexity index is 243. The number of hydrogen-bond acceptors (Lipinski definition) is 3. The average Bonchev–Trinajstić information content (AvgIpc) is 2.54. The summed E-state index contributed by atoms with van der Waals surface area (Å²) in [4.78, 5) is 0. The Balaban J connectivity index is 2.56. The molecule has 1 rings (SSSR count). The molecule has 1 saturated heterocycles. The first-order valence-electron chi connectivity index (χ1n) is 4.43. The zero-order chi connectivity index (χ0) is 9.73. The third-order valence-electron chi connectivity index (χ3n) is 2.40. The summed E-state index contributed by atoms with van der Waals surface area (Å²) in [5, 5.41) is 12.1. The van der Waals surface area contributed by atoms with Crippen molar-refractivity contribution < 1.29 is 0 Å². The van der Waals surface area contributed by atoms with Gasteiger partial charge in [-0.2, -0.15) is 17.0 Å². The molecular formula is C10H14N2S. The van der Waals surface area contributed by atoms with Crippen molar-refractivity contribution in [3.05, 3.63) is 0 Å². The minimum absolute atomic E-state index is 0.0611. The Labute approximate surface area is 84.1 Å². The molecule has 0 aromatic heterocycles. The lowest BCUT2D eigenvalue weighted by Crippen LogP contribution is -2.44. The largest absolute Gasteiger partial charge is 0.290 e. The SMILES string of the molecule is C#CCNC(C#N)C1(C)CCCS1. The van der Waals surface area contributed by atoms with Crippen LogP contribution in [0.2, 0.25) is 0 Å². The molecule has 1 fully saturated rings. The van der Waals surface area contributed by atoms with Gasteiger partial charge in [-0.25, -0.2) is 0 Å². The number of nitriles is 1. The fourth-order valence-electron chi connectivity index (χ4n) is 1.59. The second-order valence-corrected chi connectivity index (χ2v) is 5.04. The van der Waals surface area contributed by atoms with E-state index < -0.39 is 0 Å². The second-order valence-electron chi connectivity index (χ2n) is 3.41. The van der Waals surface area contributed by atoms with E-state index in [0.717, 1.165) is 12.2 Å².